The van der Waals surface area contributed by atoms with Crippen LogP contribution < -0.4 is 5.32 Å². The minimum Gasteiger partial charge on any atom is -0.352 e. The van der Waals surface area contributed by atoms with Gasteiger partial charge in [-0.05, 0) is 24.1 Å². The number of rotatable bonds is 4. The maximum atomic E-state index is 11.8. The molecular weight excluding hydrogens is 266 g/mol. The topological polar surface area (TPSA) is 29.1 Å². The molecule has 0 aliphatic carbocycles. The molecule has 0 saturated heterocycles. The second-order valence-electron chi connectivity index (χ2n) is 4.55. The van der Waals surface area contributed by atoms with E-state index >= 15 is 0 Å². The maximum Gasteiger partial charge on any atom is 0.225 e. The van der Waals surface area contributed by atoms with Crippen molar-refractivity contribution in [1.29, 1.82) is 0 Å². The van der Waals surface area contributed by atoms with Gasteiger partial charge in [0.05, 0.1) is 0 Å². The summed E-state index contributed by atoms with van der Waals surface area (Å²) in [5.74, 6) is 0.109. The summed E-state index contributed by atoms with van der Waals surface area (Å²) in [4.78, 5) is 11.8. The van der Waals surface area contributed by atoms with Gasteiger partial charge in [0, 0.05) is 16.4 Å². The van der Waals surface area contributed by atoms with E-state index in [2.05, 4.69) is 21.2 Å². The second-order valence-corrected chi connectivity index (χ2v) is 5.46. The first-order valence-electron chi connectivity index (χ1n) is 5.48. The number of benzene rings is 1. The molecule has 16 heavy (non-hydrogen) atoms. The normalized spacial score (nSPS) is 11.2. The van der Waals surface area contributed by atoms with E-state index < -0.39 is 0 Å². The van der Waals surface area contributed by atoms with Crippen molar-refractivity contribution in [3.63, 3.8) is 0 Å². The summed E-state index contributed by atoms with van der Waals surface area (Å²) in [6.07, 6.45) is 0.846. The van der Waals surface area contributed by atoms with Crippen LogP contribution >= 0.6 is 15.9 Å². The van der Waals surface area contributed by atoms with E-state index in [4.69, 9.17) is 0 Å². The molecule has 0 spiro atoms. The molecule has 1 rings (SSSR count). The Morgan fingerprint density at radius 3 is 2.38 bits per heavy atom. The van der Waals surface area contributed by atoms with Crippen molar-refractivity contribution < 1.29 is 4.79 Å². The molecule has 0 aliphatic rings. The molecule has 88 valence electrons. The zero-order valence-corrected chi connectivity index (χ0v) is 11.6. The third-order valence-corrected chi connectivity index (χ3v) is 3.39. The van der Waals surface area contributed by atoms with Crippen molar-refractivity contribution in [2.75, 3.05) is 0 Å². The van der Waals surface area contributed by atoms with Crippen molar-refractivity contribution in [3.05, 3.63) is 34.3 Å². The summed E-state index contributed by atoms with van der Waals surface area (Å²) in [6, 6.07) is 7.96. The SMILES string of the molecule is CCC(C)(C)C(=O)NCc1ccc(Br)cc1. The first kappa shape index (κ1) is 13.2. The summed E-state index contributed by atoms with van der Waals surface area (Å²) in [5.41, 5.74) is 0.832. The average molecular weight is 284 g/mol. The molecule has 0 fully saturated rings. The molecule has 0 heterocycles. The van der Waals surface area contributed by atoms with Crippen molar-refractivity contribution in [1.82, 2.24) is 5.32 Å². The lowest BCUT2D eigenvalue weighted by atomic mass is 9.89. The van der Waals surface area contributed by atoms with Gasteiger partial charge in [0.1, 0.15) is 0 Å². The molecule has 0 unspecified atom stereocenters. The van der Waals surface area contributed by atoms with Gasteiger partial charge in [0.2, 0.25) is 5.91 Å². The van der Waals surface area contributed by atoms with Crippen LogP contribution in [0.3, 0.4) is 0 Å². The molecule has 0 atom stereocenters. The summed E-state index contributed by atoms with van der Waals surface area (Å²) in [6.45, 7) is 6.54. The number of nitrogens with one attached hydrogen (secondary N) is 1. The molecule has 1 aromatic carbocycles. The lowest BCUT2D eigenvalue weighted by Crippen LogP contribution is -2.35. The van der Waals surface area contributed by atoms with Crippen molar-refractivity contribution >= 4 is 21.8 Å². The predicted octanol–water partition coefficient (Wildman–Crippen LogP) is 3.50. The van der Waals surface area contributed by atoms with Crippen LogP contribution in [0, 0.1) is 5.41 Å². The van der Waals surface area contributed by atoms with Gasteiger partial charge in [-0.1, -0.05) is 48.8 Å². The minimum atomic E-state index is -0.282. The molecule has 0 aromatic heterocycles. The third kappa shape index (κ3) is 3.63. The Labute approximate surface area is 106 Å². The van der Waals surface area contributed by atoms with E-state index in [1.165, 1.54) is 0 Å². The fourth-order valence-corrected chi connectivity index (χ4v) is 1.45. The zero-order chi connectivity index (χ0) is 12.2. The van der Waals surface area contributed by atoms with Gasteiger partial charge in [-0.2, -0.15) is 0 Å². The number of carbonyl (C=O) groups excluding carboxylic acids is 1. The van der Waals surface area contributed by atoms with Crippen LogP contribution in [0.15, 0.2) is 28.7 Å². The van der Waals surface area contributed by atoms with Crippen LogP contribution in [0.25, 0.3) is 0 Å². The van der Waals surface area contributed by atoms with Crippen LogP contribution in [0.2, 0.25) is 0 Å². The smallest absolute Gasteiger partial charge is 0.225 e. The Kier molecular flexibility index (Phi) is 4.54. The second kappa shape index (κ2) is 5.48. The highest BCUT2D eigenvalue weighted by atomic mass is 79.9. The van der Waals surface area contributed by atoms with Crippen LogP contribution in [-0.2, 0) is 11.3 Å². The Bertz CT molecular complexity index is 357. The van der Waals surface area contributed by atoms with E-state index in [0.717, 1.165) is 16.5 Å². The monoisotopic (exact) mass is 283 g/mol. The molecule has 1 N–H and O–H groups in total. The lowest BCUT2D eigenvalue weighted by Gasteiger charge is -2.21. The number of hydrogen-bond donors (Lipinski definition) is 1. The van der Waals surface area contributed by atoms with E-state index in [1.807, 2.05) is 45.0 Å². The summed E-state index contributed by atoms with van der Waals surface area (Å²) < 4.78 is 1.05. The maximum absolute atomic E-state index is 11.8. The van der Waals surface area contributed by atoms with Gasteiger partial charge in [-0.25, -0.2) is 0 Å². The number of carbonyl (C=O) groups is 1. The highest BCUT2D eigenvalue weighted by Crippen LogP contribution is 2.19. The fraction of sp³-hybridized carbons (Fsp3) is 0.462. The van der Waals surface area contributed by atoms with Gasteiger partial charge in [-0.3, -0.25) is 4.79 Å². The van der Waals surface area contributed by atoms with Crippen LogP contribution in [0.5, 0.6) is 0 Å². The summed E-state index contributed by atoms with van der Waals surface area (Å²) >= 11 is 3.38. The number of hydrogen-bond acceptors (Lipinski definition) is 1. The molecule has 0 bridgehead atoms. The summed E-state index contributed by atoms with van der Waals surface area (Å²) in [5, 5.41) is 2.96. The first-order chi connectivity index (χ1) is 7.45. The predicted molar refractivity (Wildman–Crippen MR) is 70.1 cm³/mol. The summed E-state index contributed by atoms with van der Waals surface area (Å²) in [7, 11) is 0. The zero-order valence-electron chi connectivity index (χ0n) is 10.0. The Hall–Kier alpha value is -0.830. The Morgan fingerprint density at radius 1 is 1.31 bits per heavy atom. The minimum absolute atomic E-state index is 0.109. The van der Waals surface area contributed by atoms with Gasteiger partial charge in [0.15, 0.2) is 0 Å². The van der Waals surface area contributed by atoms with Gasteiger partial charge >= 0.3 is 0 Å². The Balaban J connectivity index is 2.52. The van der Waals surface area contributed by atoms with Crippen LogP contribution in [0.1, 0.15) is 32.8 Å². The third-order valence-electron chi connectivity index (χ3n) is 2.86. The molecule has 3 heteroatoms. The molecule has 0 saturated carbocycles. The van der Waals surface area contributed by atoms with Gasteiger partial charge in [-0.15, -0.1) is 0 Å². The van der Waals surface area contributed by atoms with Crippen LogP contribution in [0.4, 0.5) is 0 Å². The first-order valence-corrected chi connectivity index (χ1v) is 6.28. The van der Waals surface area contributed by atoms with Gasteiger partial charge in [0.25, 0.3) is 0 Å². The molecule has 1 amide bonds. The fourth-order valence-electron chi connectivity index (χ4n) is 1.18. The standard InChI is InChI=1S/C13H18BrNO/c1-4-13(2,3)12(16)15-9-10-5-7-11(14)8-6-10/h5-8H,4,9H2,1-3H3,(H,15,16). The molecular formula is C13H18BrNO. The molecule has 2 nitrogen and oxygen atoms in total. The molecule has 1 aromatic rings. The average Bonchev–Trinajstić information content (AvgIpc) is 2.28. The highest BCUT2D eigenvalue weighted by molar-refractivity contribution is 9.10. The van der Waals surface area contributed by atoms with E-state index in [0.29, 0.717) is 6.54 Å². The van der Waals surface area contributed by atoms with E-state index in [1.54, 1.807) is 0 Å². The van der Waals surface area contributed by atoms with E-state index in [-0.39, 0.29) is 11.3 Å². The van der Waals surface area contributed by atoms with Crippen molar-refractivity contribution in [2.24, 2.45) is 5.41 Å². The van der Waals surface area contributed by atoms with Gasteiger partial charge < -0.3 is 5.32 Å². The molecule has 0 radical (unpaired) electrons. The largest absolute Gasteiger partial charge is 0.352 e. The molecule has 0 aliphatic heterocycles. The number of amides is 1. The number of halogens is 1. The van der Waals surface area contributed by atoms with Crippen molar-refractivity contribution in [2.45, 2.75) is 33.7 Å². The van der Waals surface area contributed by atoms with Crippen molar-refractivity contribution in [3.8, 4) is 0 Å². The lowest BCUT2D eigenvalue weighted by molar-refractivity contribution is -0.129. The van der Waals surface area contributed by atoms with E-state index in [9.17, 15) is 4.79 Å². The Morgan fingerprint density at radius 2 is 1.88 bits per heavy atom. The quantitative estimate of drug-likeness (QED) is 0.900. The van der Waals surface area contributed by atoms with Crippen LogP contribution in [-0.4, -0.2) is 5.91 Å². The highest BCUT2D eigenvalue weighted by Gasteiger charge is 2.24.